The molecule has 0 bridgehead atoms. The van der Waals surface area contributed by atoms with Gasteiger partial charge in [-0.25, -0.2) is 4.98 Å². The van der Waals surface area contributed by atoms with E-state index in [2.05, 4.69) is 4.98 Å². The van der Waals surface area contributed by atoms with E-state index < -0.39 is 17.6 Å². The zero-order chi connectivity index (χ0) is 14.8. The lowest BCUT2D eigenvalue weighted by Crippen LogP contribution is -2.33. The quantitative estimate of drug-likeness (QED) is 0.805. The summed E-state index contributed by atoms with van der Waals surface area (Å²) in [6.07, 6.45) is 3.98. The van der Waals surface area contributed by atoms with Gasteiger partial charge in [-0.3, -0.25) is 4.79 Å². The van der Waals surface area contributed by atoms with E-state index in [0.717, 1.165) is 0 Å². The summed E-state index contributed by atoms with van der Waals surface area (Å²) in [6, 6.07) is 6.28. The maximum Gasteiger partial charge on any atom is 0.235 e. The van der Waals surface area contributed by atoms with Gasteiger partial charge in [0, 0.05) is 17.8 Å². The molecule has 2 rings (SSSR count). The number of hydrogen-bond acceptors (Lipinski definition) is 3. The van der Waals surface area contributed by atoms with E-state index >= 15 is 0 Å². The molecule has 0 spiro atoms. The Bertz CT molecular complexity index is 571. The first kappa shape index (κ1) is 14.2. The Kier molecular flexibility index (Phi) is 3.88. The summed E-state index contributed by atoms with van der Waals surface area (Å²) in [6.45, 7) is 5.49. The second-order valence-corrected chi connectivity index (χ2v) is 5.53. The van der Waals surface area contributed by atoms with Crippen molar-refractivity contribution in [1.29, 1.82) is 0 Å². The molecule has 2 heterocycles. The van der Waals surface area contributed by atoms with Crippen LogP contribution in [-0.4, -0.2) is 15.3 Å². The Morgan fingerprint density at radius 3 is 2.45 bits per heavy atom. The molecule has 0 aliphatic rings. The first-order valence-electron chi connectivity index (χ1n) is 6.33. The van der Waals surface area contributed by atoms with E-state index in [1.54, 1.807) is 17.0 Å². The van der Waals surface area contributed by atoms with Crippen molar-refractivity contribution in [3.05, 3.63) is 48.8 Å². The van der Waals surface area contributed by atoms with Crippen LogP contribution in [0.3, 0.4) is 0 Å². The van der Waals surface area contributed by atoms with Crippen LogP contribution in [0.5, 0.6) is 5.75 Å². The Balaban J connectivity index is 2.28. The van der Waals surface area contributed by atoms with Gasteiger partial charge in [0.05, 0.1) is 6.20 Å². The van der Waals surface area contributed by atoms with Crippen molar-refractivity contribution in [3.63, 3.8) is 0 Å². The third kappa shape index (κ3) is 3.23. The second-order valence-electron chi connectivity index (χ2n) is 5.53. The highest BCUT2D eigenvalue weighted by Gasteiger charge is 2.32. The topological polar surface area (TPSA) is 44.1 Å². The zero-order valence-electron chi connectivity index (χ0n) is 11.7. The lowest BCUT2D eigenvalue weighted by molar-refractivity contribution is -0.137. The number of halogens is 1. The number of pyridine rings is 1. The van der Waals surface area contributed by atoms with Gasteiger partial charge >= 0.3 is 0 Å². The van der Waals surface area contributed by atoms with Crippen molar-refractivity contribution in [2.75, 3.05) is 0 Å². The number of ketones is 1. The molecule has 0 saturated carbocycles. The van der Waals surface area contributed by atoms with Crippen molar-refractivity contribution in [2.45, 2.75) is 27.0 Å². The van der Waals surface area contributed by atoms with Crippen molar-refractivity contribution >= 4 is 5.78 Å². The molecule has 0 aliphatic heterocycles. The zero-order valence-corrected chi connectivity index (χ0v) is 11.7. The predicted octanol–water partition coefficient (Wildman–Crippen LogP) is 3.22. The SMILES string of the molecule is CC(C)(C)C(=O)C(Oc1ccc(F)nc1)n1cccc1. The van der Waals surface area contributed by atoms with Crippen molar-refractivity contribution in [1.82, 2.24) is 9.55 Å². The Morgan fingerprint density at radius 1 is 1.30 bits per heavy atom. The minimum atomic E-state index is -0.794. The molecule has 0 saturated heterocycles. The van der Waals surface area contributed by atoms with Crippen LogP contribution in [0.15, 0.2) is 42.9 Å². The van der Waals surface area contributed by atoms with Gasteiger partial charge in [0.1, 0.15) is 5.75 Å². The smallest absolute Gasteiger partial charge is 0.235 e. The molecule has 0 aliphatic carbocycles. The van der Waals surface area contributed by atoms with Crippen LogP contribution in [0, 0.1) is 11.4 Å². The van der Waals surface area contributed by atoms with Gasteiger partial charge in [0.15, 0.2) is 5.78 Å². The highest BCUT2D eigenvalue weighted by Crippen LogP contribution is 2.26. The van der Waals surface area contributed by atoms with Crippen LogP contribution in [0.1, 0.15) is 27.0 Å². The highest BCUT2D eigenvalue weighted by atomic mass is 19.1. The number of nitrogens with zero attached hydrogens (tertiary/aromatic N) is 2. The molecule has 0 amide bonds. The summed E-state index contributed by atoms with van der Waals surface area (Å²) in [5.74, 6) is -0.308. The van der Waals surface area contributed by atoms with Crippen LogP contribution in [0.25, 0.3) is 0 Å². The summed E-state index contributed by atoms with van der Waals surface area (Å²) < 4.78 is 20.2. The second kappa shape index (κ2) is 5.45. The number of aromatic nitrogens is 2. The molecule has 0 N–H and O–H groups in total. The minimum Gasteiger partial charge on any atom is -0.461 e. The van der Waals surface area contributed by atoms with Gasteiger partial charge in [-0.15, -0.1) is 0 Å². The van der Waals surface area contributed by atoms with Crippen molar-refractivity contribution in [3.8, 4) is 5.75 Å². The standard InChI is InChI=1S/C15H17FN2O2/c1-15(2,3)13(19)14(18-8-4-5-9-18)20-11-6-7-12(16)17-10-11/h4-10,14H,1-3H3. The minimum absolute atomic E-state index is 0.0713. The maximum atomic E-state index is 12.8. The number of carbonyl (C=O) groups excluding carboxylic acids is 1. The van der Waals surface area contributed by atoms with Crippen LogP contribution < -0.4 is 4.74 Å². The summed E-state index contributed by atoms with van der Waals surface area (Å²) in [5.41, 5.74) is -0.553. The average Bonchev–Trinajstić information content (AvgIpc) is 2.90. The monoisotopic (exact) mass is 276 g/mol. The normalized spacial score (nSPS) is 13.0. The lowest BCUT2D eigenvalue weighted by atomic mass is 9.89. The van der Waals surface area contributed by atoms with E-state index in [4.69, 9.17) is 4.74 Å². The van der Waals surface area contributed by atoms with Gasteiger partial charge in [-0.1, -0.05) is 20.8 Å². The Morgan fingerprint density at radius 2 is 1.95 bits per heavy atom. The van der Waals surface area contributed by atoms with Gasteiger partial charge < -0.3 is 9.30 Å². The predicted molar refractivity (Wildman–Crippen MR) is 72.8 cm³/mol. The van der Waals surface area contributed by atoms with E-state index in [-0.39, 0.29) is 5.78 Å². The molecule has 0 fully saturated rings. The van der Waals surface area contributed by atoms with Gasteiger partial charge in [-0.05, 0) is 24.3 Å². The fraction of sp³-hybridized carbons (Fsp3) is 0.333. The molecule has 4 nitrogen and oxygen atoms in total. The highest BCUT2D eigenvalue weighted by molar-refractivity contribution is 5.86. The number of rotatable bonds is 4. The fourth-order valence-corrected chi connectivity index (χ4v) is 1.69. The summed E-state index contributed by atoms with van der Waals surface area (Å²) in [5, 5.41) is 0. The molecular formula is C15H17FN2O2. The van der Waals surface area contributed by atoms with Crippen molar-refractivity contribution in [2.24, 2.45) is 5.41 Å². The third-order valence-corrected chi connectivity index (χ3v) is 2.81. The van der Waals surface area contributed by atoms with Gasteiger partial charge in [0.25, 0.3) is 0 Å². The summed E-state index contributed by atoms with van der Waals surface area (Å²) in [7, 11) is 0. The van der Waals surface area contributed by atoms with Gasteiger partial charge in [0.2, 0.25) is 12.2 Å². The van der Waals surface area contributed by atoms with Crippen LogP contribution in [0.2, 0.25) is 0 Å². The maximum absolute atomic E-state index is 12.8. The number of Topliss-reactive ketones (excluding diaryl/α,β-unsaturated/α-hetero) is 1. The Labute approximate surface area is 117 Å². The third-order valence-electron chi connectivity index (χ3n) is 2.81. The van der Waals surface area contributed by atoms with Crippen LogP contribution in [-0.2, 0) is 4.79 Å². The largest absolute Gasteiger partial charge is 0.461 e. The van der Waals surface area contributed by atoms with E-state index in [9.17, 15) is 9.18 Å². The number of ether oxygens (including phenoxy) is 1. The van der Waals surface area contributed by atoms with Crippen LogP contribution >= 0.6 is 0 Å². The fourth-order valence-electron chi connectivity index (χ4n) is 1.69. The molecule has 20 heavy (non-hydrogen) atoms. The average molecular weight is 276 g/mol. The first-order valence-corrected chi connectivity index (χ1v) is 6.33. The number of carbonyl (C=O) groups is 1. The van der Waals surface area contributed by atoms with E-state index in [1.165, 1.54) is 18.3 Å². The molecule has 0 radical (unpaired) electrons. The van der Waals surface area contributed by atoms with Crippen LogP contribution in [0.4, 0.5) is 4.39 Å². The molecule has 0 aromatic carbocycles. The number of hydrogen-bond donors (Lipinski definition) is 0. The van der Waals surface area contributed by atoms with E-state index in [1.807, 2.05) is 32.9 Å². The molecular weight excluding hydrogens is 259 g/mol. The van der Waals surface area contributed by atoms with Crippen molar-refractivity contribution < 1.29 is 13.9 Å². The molecule has 106 valence electrons. The summed E-state index contributed by atoms with van der Waals surface area (Å²) >= 11 is 0. The molecule has 5 heteroatoms. The first-order chi connectivity index (χ1) is 9.38. The molecule has 2 aromatic rings. The van der Waals surface area contributed by atoms with E-state index in [0.29, 0.717) is 5.75 Å². The lowest BCUT2D eigenvalue weighted by Gasteiger charge is -2.26. The molecule has 1 atom stereocenters. The summed E-state index contributed by atoms with van der Waals surface area (Å²) in [4.78, 5) is 16.0. The molecule has 1 unspecified atom stereocenters. The van der Waals surface area contributed by atoms with Gasteiger partial charge in [-0.2, -0.15) is 4.39 Å². The Hall–Kier alpha value is -2.17. The molecule has 2 aromatic heterocycles.